The van der Waals surface area contributed by atoms with Gasteiger partial charge in [-0.15, -0.1) is 0 Å². The molecule has 2 N–H and O–H groups in total. The normalized spacial score (nSPS) is 14.5. The minimum absolute atomic E-state index is 0.00725. The van der Waals surface area contributed by atoms with Crippen molar-refractivity contribution >= 4 is 11.8 Å². The fraction of sp³-hybridized carbons (Fsp3) is 0.364. The van der Waals surface area contributed by atoms with Crippen LogP contribution in [0.5, 0.6) is 5.75 Å². The zero-order valence-electron chi connectivity index (χ0n) is 16.3. The van der Waals surface area contributed by atoms with Gasteiger partial charge in [0.2, 0.25) is 5.91 Å². The summed E-state index contributed by atoms with van der Waals surface area (Å²) in [5, 5.41) is 2.73. The van der Waals surface area contributed by atoms with Gasteiger partial charge < -0.3 is 19.9 Å². The van der Waals surface area contributed by atoms with Crippen LogP contribution < -0.4 is 15.0 Å². The Labute approximate surface area is 166 Å². The zero-order chi connectivity index (χ0) is 19.8. The van der Waals surface area contributed by atoms with Gasteiger partial charge in [-0.2, -0.15) is 0 Å². The maximum Gasteiger partial charge on any atom is 0.255 e. The van der Waals surface area contributed by atoms with Gasteiger partial charge in [-0.1, -0.05) is 42.5 Å². The first-order valence-electron chi connectivity index (χ1n) is 9.82. The SMILES string of the molecule is CCOc1ccccc1C(=O)NCC(=O)N1CC[NH+](Cc2ccccc2)CC1. The van der Waals surface area contributed by atoms with Gasteiger partial charge in [-0.3, -0.25) is 9.59 Å². The van der Waals surface area contributed by atoms with E-state index in [0.29, 0.717) is 31.0 Å². The molecule has 28 heavy (non-hydrogen) atoms. The van der Waals surface area contributed by atoms with E-state index in [1.54, 1.807) is 18.2 Å². The molecule has 2 aromatic rings. The molecule has 0 saturated carbocycles. The van der Waals surface area contributed by atoms with Gasteiger partial charge in [0.05, 0.1) is 44.9 Å². The molecule has 1 aliphatic rings. The average Bonchev–Trinajstić information content (AvgIpc) is 2.74. The summed E-state index contributed by atoms with van der Waals surface area (Å²) in [6.45, 7) is 6.61. The molecule has 0 unspecified atom stereocenters. The number of piperazine rings is 1. The highest BCUT2D eigenvalue weighted by molar-refractivity contribution is 5.98. The number of benzene rings is 2. The van der Waals surface area contributed by atoms with E-state index in [0.717, 1.165) is 19.6 Å². The Hall–Kier alpha value is -2.86. The van der Waals surface area contributed by atoms with Crippen LogP contribution in [-0.2, 0) is 11.3 Å². The van der Waals surface area contributed by atoms with E-state index in [-0.39, 0.29) is 18.4 Å². The van der Waals surface area contributed by atoms with Crippen LogP contribution in [0, 0.1) is 0 Å². The lowest BCUT2D eigenvalue weighted by molar-refractivity contribution is -0.917. The molecular weight excluding hydrogens is 354 g/mol. The molecule has 1 saturated heterocycles. The first-order valence-corrected chi connectivity index (χ1v) is 9.82. The van der Waals surface area contributed by atoms with Gasteiger partial charge in [0.1, 0.15) is 12.3 Å². The Morgan fingerprint density at radius 2 is 1.71 bits per heavy atom. The average molecular weight is 382 g/mol. The Balaban J connectivity index is 1.45. The smallest absolute Gasteiger partial charge is 0.255 e. The molecule has 1 fully saturated rings. The number of rotatable bonds is 7. The van der Waals surface area contributed by atoms with Crippen LogP contribution in [0.25, 0.3) is 0 Å². The molecule has 2 aromatic carbocycles. The van der Waals surface area contributed by atoms with E-state index >= 15 is 0 Å². The maximum absolute atomic E-state index is 12.5. The summed E-state index contributed by atoms with van der Waals surface area (Å²) in [6, 6.07) is 17.5. The van der Waals surface area contributed by atoms with Crippen LogP contribution >= 0.6 is 0 Å². The third kappa shape index (κ3) is 5.33. The number of amides is 2. The van der Waals surface area contributed by atoms with Crippen LogP contribution in [0.15, 0.2) is 54.6 Å². The standard InChI is InChI=1S/C22H27N3O3/c1-2-28-20-11-7-6-10-19(20)22(27)23-16-21(26)25-14-12-24(13-15-25)17-18-8-4-3-5-9-18/h3-11H,2,12-17H2,1H3,(H,23,27)/p+1. The quantitative estimate of drug-likeness (QED) is 0.743. The van der Waals surface area contributed by atoms with E-state index in [9.17, 15) is 9.59 Å². The van der Waals surface area contributed by atoms with Crippen molar-refractivity contribution in [2.45, 2.75) is 13.5 Å². The molecule has 0 atom stereocenters. The lowest BCUT2D eigenvalue weighted by Crippen LogP contribution is -3.13. The third-order valence-corrected chi connectivity index (χ3v) is 4.95. The Morgan fingerprint density at radius 3 is 2.43 bits per heavy atom. The second-order valence-corrected chi connectivity index (χ2v) is 6.91. The lowest BCUT2D eigenvalue weighted by atomic mass is 10.2. The number of carbonyl (C=O) groups excluding carboxylic acids is 2. The molecule has 0 aliphatic carbocycles. The van der Waals surface area contributed by atoms with Crippen molar-refractivity contribution < 1.29 is 19.2 Å². The van der Waals surface area contributed by atoms with Crippen molar-refractivity contribution in [3.63, 3.8) is 0 Å². The van der Waals surface area contributed by atoms with Crippen molar-refractivity contribution in [2.24, 2.45) is 0 Å². The zero-order valence-corrected chi connectivity index (χ0v) is 16.3. The number of nitrogens with one attached hydrogen (secondary N) is 2. The molecule has 1 aliphatic heterocycles. The Bertz CT molecular complexity index is 787. The summed E-state index contributed by atoms with van der Waals surface area (Å²) in [6.07, 6.45) is 0. The molecule has 6 heteroatoms. The Morgan fingerprint density at radius 1 is 1.04 bits per heavy atom. The number of hydrogen-bond donors (Lipinski definition) is 2. The summed E-state index contributed by atoms with van der Waals surface area (Å²) in [5.41, 5.74) is 1.77. The number of nitrogens with zero attached hydrogens (tertiary/aromatic N) is 1. The van der Waals surface area contributed by atoms with E-state index in [1.807, 2.05) is 24.0 Å². The van der Waals surface area contributed by atoms with E-state index < -0.39 is 0 Å². The number of hydrogen-bond acceptors (Lipinski definition) is 3. The fourth-order valence-electron chi connectivity index (χ4n) is 3.43. The van der Waals surface area contributed by atoms with Gasteiger partial charge in [0.15, 0.2) is 0 Å². The summed E-state index contributed by atoms with van der Waals surface area (Å²) < 4.78 is 5.48. The maximum atomic E-state index is 12.5. The van der Waals surface area contributed by atoms with E-state index in [1.165, 1.54) is 10.5 Å². The highest BCUT2D eigenvalue weighted by atomic mass is 16.5. The second kappa shape index (κ2) is 9.90. The minimum atomic E-state index is -0.286. The van der Waals surface area contributed by atoms with Crippen LogP contribution in [0.3, 0.4) is 0 Å². The van der Waals surface area contributed by atoms with E-state index in [4.69, 9.17) is 4.74 Å². The van der Waals surface area contributed by atoms with Crippen molar-refractivity contribution in [1.82, 2.24) is 10.2 Å². The summed E-state index contributed by atoms with van der Waals surface area (Å²) in [7, 11) is 0. The molecule has 0 bridgehead atoms. The molecule has 0 spiro atoms. The molecule has 1 heterocycles. The number of para-hydroxylation sites is 1. The second-order valence-electron chi connectivity index (χ2n) is 6.91. The molecule has 148 valence electrons. The topological polar surface area (TPSA) is 63.1 Å². The monoisotopic (exact) mass is 382 g/mol. The minimum Gasteiger partial charge on any atom is -0.493 e. The lowest BCUT2D eigenvalue weighted by Gasteiger charge is -2.32. The first-order chi connectivity index (χ1) is 13.7. The van der Waals surface area contributed by atoms with Gasteiger partial charge in [-0.25, -0.2) is 0 Å². The molecular formula is C22H28N3O3+. The molecule has 3 rings (SSSR count). The van der Waals surface area contributed by atoms with Crippen LogP contribution in [0.4, 0.5) is 0 Å². The third-order valence-electron chi connectivity index (χ3n) is 4.95. The molecule has 6 nitrogen and oxygen atoms in total. The van der Waals surface area contributed by atoms with Crippen molar-refractivity contribution in [3.8, 4) is 5.75 Å². The highest BCUT2D eigenvalue weighted by Gasteiger charge is 2.24. The first kappa shape index (κ1) is 19.9. The number of quaternary nitrogens is 1. The fourth-order valence-corrected chi connectivity index (χ4v) is 3.43. The number of ether oxygens (including phenoxy) is 1. The largest absolute Gasteiger partial charge is 0.493 e. The molecule has 2 amide bonds. The van der Waals surface area contributed by atoms with Crippen molar-refractivity contribution in [3.05, 3.63) is 65.7 Å². The molecule has 0 aromatic heterocycles. The highest BCUT2D eigenvalue weighted by Crippen LogP contribution is 2.17. The van der Waals surface area contributed by atoms with Gasteiger partial charge in [0.25, 0.3) is 5.91 Å². The van der Waals surface area contributed by atoms with E-state index in [2.05, 4.69) is 29.6 Å². The van der Waals surface area contributed by atoms with Gasteiger partial charge >= 0.3 is 0 Å². The van der Waals surface area contributed by atoms with Crippen LogP contribution in [0.1, 0.15) is 22.8 Å². The van der Waals surface area contributed by atoms with Gasteiger partial charge in [-0.05, 0) is 19.1 Å². The predicted octanol–water partition coefficient (Wildman–Crippen LogP) is 0.742. The van der Waals surface area contributed by atoms with Crippen molar-refractivity contribution in [2.75, 3.05) is 39.3 Å². The predicted molar refractivity (Wildman–Crippen MR) is 107 cm³/mol. The summed E-state index contributed by atoms with van der Waals surface area (Å²) in [4.78, 5) is 28.2. The van der Waals surface area contributed by atoms with Gasteiger partial charge in [0, 0.05) is 5.56 Å². The molecule has 0 radical (unpaired) electrons. The van der Waals surface area contributed by atoms with Crippen LogP contribution in [-0.4, -0.2) is 56.0 Å². The summed E-state index contributed by atoms with van der Waals surface area (Å²) >= 11 is 0. The Kier molecular flexibility index (Phi) is 7.03. The summed E-state index contributed by atoms with van der Waals surface area (Å²) in [5.74, 6) is 0.208. The number of carbonyl (C=O) groups is 2. The van der Waals surface area contributed by atoms with Crippen molar-refractivity contribution in [1.29, 1.82) is 0 Å². The van der Waals surface area contributed by atoms with Crippen LogP contribution in [0.2, 0.25) is 0 Å².